The van der Waals surface area contributed by atoms with Gasteiger partial charge in [0, 0.05) is 6.42 Å². The molecule has 2 N–H and O–H groups in total. The van der Waals surface area contributed by atoms with E-state index in [4.69, 9.17) is 0 Å². The number of amides is 1. The van der Waals surface area contributed by atoms with E-state index in [2.05, 4.69) is 5.32 Å². The molecule has 0 saturated heterocycles. The third-order valence-electron chi connectivity index (χ3n) is 3.57. The van der Waals surface area contributed by atoms with Gasteiger partial charge in [0.2, 0.25) is 5.91 Å². The Morgan fingerprint density at radius 3 is 2.63 bits per heavy atom. The zero-order valence-corrected chi connectivity index (χ0v) is 11.2. The van der Waals surface area contributed by atoms with Crippen molar-refractivity contribution in [2.75, 3.05) is 6.54 Å². The molecule has 104 valence electrons. The summed E-state index contributed by atoms with van der Waals surface area (Å²) in [5.41, 5.74) is -0.584. The van der Waals surface area contributed by atoms with E-state index in [9.17, 15) is 14.3 Å². The van der Waals surface area contributed by atoms with E-state index in [0.29, 0.717) is 12.0 Å². The number of rotatable bonds is 6. The molecule has 0 aromatic heterocycles. The highest BCUT2D eigenvalue weighted by atomic mass is 19.1. The van der Waals surface area contributed by atoms with E-state index >= 15 is 0 Å². The zero-order valence-electron chi connectivity index (χ0n) is 11.2. The largest absolute Gasteiger partial charge is 0.384 e. The first kappa shape index (κ1) is 14.0. The monoisotopic (exact) mass is 265 g/mol. The molecule has 0 radical (unpaired) electrons. The number of aliphatic hydroxyl groups is 1. The van der Waals surface area contributed by atoms with Gasteiger partial charge in [0.25, 0.3) is 0 Å². The van der Waals surface area contributed by atoms with Crippen LogP contribution in [0.15, 0.2) is 24.3 Å². The molecule has 0 aliphatic heterocycles. The van der Waals surface area contributed by atoms with Crippen LogP contribution in [0.5, 0.6) is 0 Å². The van der Waals surface area contributed by atoms with E-state index in [1.165, 1.54) is 37.1 Å². The van der Waals surface area contributed by atoms with Crippen LogP contribution >= 0.6 is 0 Å². The van der Waals surface area contributed by atoms with Crippen molar-refractivity contribution in [2.24, 2.45) is 5.92 Å². The van der Waals surface area contributed by atoms with E-state index in [1.807, 2.05) is 0 Å². The minimum absolute atomic E-state index is 0.0331. The van der Waals surface area contributed by atoms with Gasteiger partial charge in [-0.05, 0) is 37.0 Å². The number of carbonyl (C=O) groups excluding carboxylic acids is 1. The molecule has 1 saturated carbocycles. The van der Waals surface area contributed by atoms with Gasteiger partial charge in [0.1, 0.15) is 11.4 Å². The van der Waals surface area contributed by atoms with Gasteiger partial charge >= 0.3 is 0 Å². The number of hydrogen-bond donors (Lipinski definition) is 2. The van der Waals surface area contributed by atoms with E-state index in [-0.39, 0.29) is 18.3 Å². The van der Waals surface area contributed by atoms with E-state index in [0.717, 1.165) is 12.3 Å². The molecule has 1 aliphatic rings. The van der Waals surface area contributed by atoms with Crippen LogP contribution in [0.25, 0.3) is 0 Å². The minimum Gasteiger partial charge on any atom is -0.384 e. The van der Waals surface area contributed by atoms with Crippen molar-refractivity contribution < 1.29 is 14.3 Å². The third kappa shape index (κ3) is 4.31. The van der Waals surface area contributed by atoms with Crippen molar-refractivity contribution in [3.05, 3.63) is 35.6 Å². The van der Waals surface area contributed by atoms with Gasteiger partial charge < -0.3 is 10.4 Å². The summed E-state index contributed by atoms with van der Waals surface area (Å²) in [5, 5.41) is 13.0. The Hall–Kier alpha value is -1.42. The summed E-state index contributed by atoms with van der Waals surface area (Å²) in [6, 6.07) is 5.68. The number of benzene rings is 1. The molecule has 19 heavy (non-hydrogen) atoms. The molecule has 1 aliphatic carbocycles. The van der Waals surface area contributed by atoms with Crippen LogP contribution in [0.4, 0.5) is 4.39 Å². The molecular formula is C15H20FNO2. The van der Waals surface area contributed by atoms with Crippen LogP contribution in [-0.4, -0.2) is 17.6 Å². The Morgan fingerprint density at radius 2 is 2.05 bits per heavy atom. The molecule has 1 aromatic carbocycles. The summed E-state index contributed by atoms with van der Waals surface area (Å²) in [4.78, 5) is 11.6. The molecule has 0 bridgehead atoms. The molecule has 0 heterocycles. The molecule has 0 spiro atoms. The molecule has 4 heteroatoms. The second-order valence-corrected chi connectivity index (χ2v) is 5.54. The van der Waals surface area contributed by atoms with Crippen molar-refractivity contribution >= 4 is 5.91 Å². The smallest absolute Gasteiger partial charge is 0.220 e. The molecule has 1 amide bonds. The Balaban J connectivity index is 1.82. The quantitative estimate of drug-likeness (QED) is 0.829. The molecule has 1 fully saturated rings. The second kappa shape index (κ2) is 5.70. The van der Waals surface area contributed by atoms with Crippen LogP contribution < -0.4 is 5.32 Å². The SMILES string of the molecule is CC(O)(CNC(=O)CCC1CC1)c1ccc(F)cc1. The number of halogens is 1. The average Bonchev–Trinajstić information content (AvgIpc) is 3.18. The fourth-order valence-electron chi connectivity index (χ4n) is 2.01. The van der Waals surface area contributed by atoms with Crippen molar-refractivity contribution in [3.63, 3.8) is 0 Å². The molecule has 1 aromatic rings. The van der Waals surface area contributed by atoms with Crippen LogP contribution in [0, 0.1) is 11.7 Å². The summed E-state index contributed by atoms with van der Waals surface area (Å²) in [6.45, 7) is 1.75. The highest BCUT2D eigenvalue weighted by molar-refractivity contribution is 5.76. The van der Waals surface area contributed by atoms with E-state index in [1.54, 1.807) is 6.92 Å². The number of hydrogen-bond acceptors (Lipinski definition) is 2. The van der Waals surface area contributed by atoms with Gasteiger partial charge in [0.05, 0.1) is 6.54 Å². The van der Waals surface area contributed by atoms with Crippen molar-refractivity contribution in [2.45, 2.75) is 38.2 Å². The minimum atomic E-state index is -1.18. The molecule has 3 nitrogen and oxygen atoms in total. The standard InChI is InChI=1S/C15H20FNO2/c1-15(19,12-5-7-13(16)8-6-12)10-17-14(18)9-4-11-2-3-11/h5-8,11,19H,2-4,9-10H2,1H3,(H,17,18). The van der Waals surface area contributed by atoms with Gasteiger partial charge in [0.15, 0.2) is 0 Å². The predicted molar refractivity (Wildman–Crippen MR) is 70.9 cm³/mol. The van der Waals surface area contributed by atoms with Crippen molar-refractivity contribution in [3.8, 4) is 0 Å². The summed E-state index contributed by atoms with van der Waals surface area (Å²) in [5.74, 6) is 0.352. The highest BCUT2D eigenvalue weighted by Crippen LogP contribution is 2.33. The van der Waals surface area contributed by atoms with Gasteiger partial charge in [-0.25, -0.2) is 4.39 Å². The van der Waals surface area contributed by atoms with Crippen LogP contribution in [0.1, 0.15) is 38.2 Å². The Kier molecular flexibility index (Phi) is 4.20. The fraction of sp³-hybridized carbons (Fsp3) is 0.533. The Morgan fingerprint density at radius 1 is 1.42 bits per heavy atom. The second-order valence-electron chi connectivity index (χ2n) is 5.54. The number of nitrogens with one attached hydrogen (secondary N) is 1. The molecule has 2 rings (SSSR count). The highest BCUT2D eigenvalue weighted by Gasteiger charge is 2.25. The Labute approximate surface area is 112 Å². The van der Waals surface area contributed by atoms with Crippen LogP contribution in [-0.2, 0) is 10.4 Å². The Bertz CT molecular complexity index is 438. The molecular weight excluding hydrogens is 245 g/mol. The third-order valence-corrected chi connectivity index (χ3v) is 3.57. The summed E-state index contributed by atoms with van der Waals surface area (Å²) < 4.78 is 12.8. The van der Waals surface area contributed by atoms with E-state index < -0.39 is 5.60 Å². The summed E-state index contributed by atoms with van der Waals surface area (Å²) in [6.07, 6.45) is 3.93. The first-order chi connectivity index (χ1) is 8.97. The summed E-state index contributed by atoms with van der Waals surface area (Å²) in [7, 11) is 0. The zero-order chi connectivity index (χ0) is 13.9. The van der Waals surface area contributed by atoms with Crippen LogP contribution in [0.3, 0.4) is 0 Å². The summed E-state index contributed by atoms with van der Waals surface area (Å²) >= 11 is 0. The lowest BCUT2D eigenvalue weighted by Crippen LogP contribution is -2.38. The molecule has 1 atom stereocenters. The van der Waals surface area contributed by atoms with Gasteiger partial charge in [-0.15, -0.1) is 0 Å². The maximum atomic E-state index is 12.8. The number of carbonyl (C=O) groups is 1. The predicted octanol–water partition coefficient (Wildman–Crippen LogP) is 2.34. The van der Waals surface area contributed by atoms with Crippen LogP contribution in [0.2, 0.25) is 0 Å². The van der Waals surface area contributed by atoms with Gasteiger partial charge in [-0.1, -0.05) is 25.0 Å². The normalized spacial score (nSPS) is 17.8. The first-order valence-electron chi connectivity index (χ1n) is 6.72. The lowest BCUT2D eigenvalue weighted by atomic mass is 9.96. The topological polar surface area (TPSA) is 49.3 Å². The van der Waals surface area contributed by atoms with Crippen molar-refractivity contribution in [1.82, 2.24) is 5.32 Å². The molecule has 1 unspecified atom stereocenters. The van der Waals surface area contributed by atoms with Crippen molar-refractivity contribution in [1.29, 1.82) is 0 Å². The van der Waals surface area contributed by atoms with Gasteiger partial charge in [-0.2, -0.15) is 0 Å². The lowest BCUT2D eigenvalue weighted by Gasteiger charge is -2.24. The maximum absolute atomic E-state index is 12.8. The lowest BCUT2D eigenvalue weighted by molar-refractivity contribution is -0.122. The first-order valence-corrected chi connectivity index (χ1v) is 6.72. The fourth-order valence-corrected chi connectivity index (χ4v) is 2.01. The average molecular weight is 265 g/mol. The maximum Gasteiger partial charge on any atom is 0.220 e. The van der Waals surface area contributed by atoms with Gasteiger partial charge in [-0.3, -0.25) is 4.79 Å².